The van der Waals surface area contributed by atoms with Crippen LogP contribution in [0.2, 0.25) is 0 Å². The third-order valence-electron chi connectivity index (χ3n) is 3.78. The SMILES string of the molecule is C=CCOC(=O)N1CCC(Cc2ccccc2)(C(=O)O)C1. The summed E-state index contributed by atoms with van der Waals surface area (Å²) in [5.41, 5.74) is 0.0235. The minimum atomic E-state index is -0.936. The Hall–Kier alpha value is -2.30. The number of carboxylic acid groups (broad SMARTS) is 1. The lowest BCUT2D eigenvalue weighted by atomic mass is 9.81. The van der Waals surface area contributed by atoms with E-state index in [2.05, 4.69) is 6.58 Å². The van der Waals surface area contributed by atoms with Crippen molar-refractivity contribution in [2.45, 2.75) is 12.8 Å². The van der Waals surface area contributed by atoms with Gasteiger partial charge in [0, 0.05) is 13.1 Å². The third kappa shape index (κ3) is 3.42. The molecule has 1 saturated heterocycles. The number of carbonyl (C=O) groups excluding carboxylic acids is 1. The Morgan fingerprint density at radius 3 is 2.71 bits per heavy atom. The van der Waals surface area contributed by atoms with Crippen molar-refractivity contribution in [2.24, 2.45) is 5.41 Å². The lowest BCUT2D eigenvalue weighted by Crippen LogP contribution is -2.38. The topological polar surface area (TPSA) is 66.8 Å². The normalized spacial score (nSPS) is 21.0. The number of rotatable bonds is 5. The van der Waals surface area contributed by atoms with Crippen molar-refractivity contribution in [3.63, 3.8) is 0 Å². The summed E-state index contributed by atoms with van der Waals surface area (Å²) < 4.78 is 4.97. The molecule has 1 aliphatic heterocycles. The Bertz CT molecular complexity index is 528. The van der Waals surface area contributed by atoms with E-state index >= 15 is 0 Å². The van der Waals surface area contributed by atoms with E-state index in [1.54, 1.807) is 0 Å². The molecule has 5 heteroatoms. The second-order valence-electron chi connectivity index (χ2n) is 5.29. The first-order valence-corrected chi connectivity index (χ1v) is 6.87. The molecule has 1 N–H and O–H groups in total. The molecule has 1 aromatic carbocycles. The van der Waals surface area contributed by atoms with E-state index in [1.807, 2.05) is 30.3 Å². The second kappa shape index (κ2) is 6.43. The van der Waals surface area contributed by atoms with Gasteiger partial charge in [-0.1, -0.05) is 43.0 Å². The number of hydrogen-bond donors (Lipinski definition) is 1. The summed E-state index contributed by atoms with van der Waals surface area (Å²) >= 11 is 0. The van der Waals surface area contributed by atoms with Crippen LogP contribution < -0.4 is 0 Å². The zero-order valence-electron chi connectivity index (χ0n) is 11.8. The predicted molar refractivity (Wildman–Crippen MR) is 77.9 cm³/mol. The Kier molecular flexibility index (Phi) is 4.62. The van der Waals surface area contributed by atoms with Crippen LogP contribution in [0, 0.1) is 5.41 Å². The molecule has 1 aromatic rings. The van der Waals surface area contributed by atoms with Crippen LogP contribution in [0.5, 0.6) is 0 Å². The minimum Gasteiger partial charge on any atom is -0.481 e. The number of carboxylic acids is 1. The van der Waals surface area contributed by atoms with Gasteiger partial charge in [-0.25, -0.2) is 4.79 Å². The molecule has 1 aliphatic rings. The van der Waals surface area contributed by atoms with Crippen LogP contribution in [0.15, 0.2) is 43.0 Å². The molecule has 112 valence electrons. The summed E-state index contributed by atoms with van der Waals surface area (Å²) in [6, 6.07) is 9.48. The number of aliphatic carboxylic acids is 1. The van der Waals surface area contributed by atoms with Crippen molar-refractivity contribution < 1.29 is 19.4 Å². The highest BCUT2D eigenvalue weighted by Crippen LogP contribution is 2.35. The van der Waals surface area contributed by atoms with E-state index in [-0.39, 0.29) is 13.2 Å². The lowest BCUT2D eigenvalue weighted by Gasteiger charge is -2.24. The summed E-state index contributed by atoms with van der Waals surface area (Å²) in [4.78, 5) is 25.0. The van der Waals surface area contributed by atoms with Gasteiger partial charge >= 0.3 is 12.1 Å². The summed E-state index contributed by atoms with van der Waals surface area (Å²) in [5, 5.41) is 9.61. The van der Waals surface area contributed by atoms with Crippen molar-refractivity contribution in [3.05, 3.63) is 48.6 Å². The second-order valence-corrected chi connectivity index (χ2v) is 5.29. The average Bonchev–Trinajstić information content (AvgIpc) is 2.91. The molecule has 1 atom stereocenters. The van der Waals surface area contributed by atoms with Gasteiger partial charge in [-0.15, -0.1) is 0 Å². The van der Waals surface area contributed by atoms with Gasteiger partial charge in [0.25, 0.3) is 0 Å². The largest absolute Gasteiger partial charge is 0.481 e. The smallest absolute Gasteiger partial charge is 0.410 e. The Balaban J connectivity index is 2.09. The maximum absolute atomic E-state index is 11.8. The monoisotopic (exact) mass is 289 g/mol. The molecule has 5 nitrogen and oxygen atoms in total. The molecule has 1 heterocycles. The number of ether oxygens (including phenoxy) is 1. The lowest BCUT2D eigenvalue weighted by molar-refractivity contribution is -0.148. The molecule has 0 saturated carbocycles. The first kappa shape index (κ1) is 15.1. The number of hydrogen-bond acceptors (Lipinski definition) is 3. The molecule has 2 rings (SSSR count). The van der Waals surface area contributed by atoms with Gasteiger partial charge in [0.2, 0.25) is 0 Å². The fourth-order valence-electron chi connectivity index (χ4n) is 2.63. The van der Waals surface area contributed by atoms with Crippen molar-refractivity contribution in [3.8, 4) is 0 Å². The molecule has 0 spiro atoms. The van der Waals surface area contributed by atoms with Crippen LogP contribution in [0.3, 0.4) is 0 Å². The number of likely N-dealkylation sites (tertiary alicyclic amines) is 1. The number of nitrogens with zero attached hydrogens (tertiary/aromatic N) is 1. The predicted octanol–water partition coefficient (Wildman–Crippen LogP) is 2.33. The van der Waals surface area contributed by atoms with Gasteiger partial charge in [0.1, 0.15) is 6.61 Å². The number of carbonyl (C=O) groups is 2. The highest BCUT2D eigenvalue weighted by molar-refractivity contribution is 5.78. The molecule has 1 amide bonds. The van der Waals surface area contributed by atoms with Crippen LogP contribution in [0.25, 0.3) is 0 Å². The zero-order valence-corrected chi connectivity index (χ0v) is 11.8. The van der Waals surface area contributed by atoms with Crippen molar-refractivity contribution >= 4 is 12.1 Å². The Labute approximate surface area is 123 Å². The van der Waals surface area contributed by atoms with Crippen molar-refractivity contribution in [1.82, 2.24) is 4.90 Å². The van der Waals surface area contributed by atoms with E-state index in [0.717, 1.165) is 5.56 Å². The highest BCUT2D eigenvalue weighted by atomic mass is 16.6. The third-order valence-corrected chi connectivity index (χ3v) is 3.78. The zero-order chi connectivity index (χ0) is 15.3. The molecule has 21 heavy (non-hydrogen) atoms. The first-order valence-electron chi connectivity index (χ1n) is 6.87. The molecular weight excluding hydrogens is 270 g/mol. The van der Waals surface area contributed by atoms with Crippen molar-refractivity contribution in [1.29, 1.82) is 0 Å². The molecule has 0 aromatic heterocycles. The van der Waals surface area contributed by atoms with E-state index in [4.69, 9.17) is 4.74 Å². The quantitative estimate of drug-likeness (QED) is 0.845. The van der Waals surface area contributed by atoms with Gasteiger partial charge < -0.3 is 14.7 Å². The van der Waals surface area contributed by atoms with Crippen LogP contribution in [0.1, 0.15) is 12.0 Å². The fourth-order valence-corrected chi connectivity index (χ4v) is 2.63. The van der Waals surface area contributed by atoms with E-state index < -0.39 is 17.5 Å². The van der Waals surface area contributed by atoms with Gasteiger partial charge in [0.05, 0.1) is 5.41 Å². The standard InChI is InChI=1S/C16H19NO4/c1-2-10-21-15(20)17-9-8-16(12-17,14(18)19)11-13-6-4-3-5-7-13/h2-7H,1,8-12H2,(H,18,19). The van der Waals surface area contributed by atoms with E-state index in [0.29, 0.717) is 19.4 Å². The molecule has 1 fully saturated rings. The molecule has 0 aliphatic carbocycles. The first-order chi connectivity index (χ1) is 10.1. The van der Waals surface area contributed by atoms with E-state index in [9.17, 15) is 14.7 Å². The van der Waals surface area contributed by atoms with Crippen LogP contribution in [-0.2, 0) is 16.0 Å². The van der Waals surface area contributed by atoms with Gasteiger partial charge in [-0.2, -0.15) is 0 Å². The average molecular weight is 289 g/mol. The summed E-state index contributed by atoms with van der Waals surface area (Å²) in [6.45, 7) is 4.19. The maximum Gasteiger partial charge on any atom is 0.410 e. The summed E-state index contributed by atoms with van der Waals surface area (Å²) in [5.74, 6) is -0.870. The van der Waals surface area contributed by atoms with E-state index in [1.165, 1.54) is 11.0 Å². The fraction of sp³-hybridized carbons (Fsp3) is 0.375. The van der Waals surface area contributed by atoms with Crippen LogP contribution in [0.4, 0.5) is 4.79 Å². The minimum absolute atomic E-state index is 0.133. The number of benzene rings is 1. The molecular formula is C16H19NO4. The van der Waals surface area contributed by atoms with Crippen LogP contribution >= 0.6 is 0 Å². The molecule has 1 unspecified atom stereocenters. The highest BCUT2D eigenvalue weighted by Gasteiger charge is 2.46. The Morgan fingerprint density at radius 1 is 1.38 bits per heavy atom. The van der Waals surface area contributed by atoms with Crippen LogP contribution in [-0.4, -0.2) is 41.8 Å². The Morgan fingerprint density at radius 2 is 2.10 bits per heavy atom. The number of amides is 1. The van der Waals surface area contributed by atoms with Gasteiger partial charge in [0.15, 0.2) is 0 Å². The molecule has 0 radical (unpaired) electrons. The summed E-state index contributed by atoms with van der Waals surface area (Å²) in [6.07, 6.45) is 1.85. The van der Waals surface area contributed by atoms with Gasteiger partial charge in [-0.3, -0.25) is 4.79 Å². The van der Waals surface area contributed by atoms with Gasteiger partial charge in [-0.05, 0) is 18.4 Å². The van der Waals surface area contributed by atoms with Crippen molar-refractivity contribution in [2.75, 3.05) is 19.7 Å². The maximum atomic E-state index is 11.8. The summed E-state index contributed by atoms with van der Waals surface area (Å²) in [7, 11) is 0. The molecule has 0 bridgehead atoms.